The Labute approximate surface area is 153 Å². The maximum atomic E-state index is 12.3. The number of aromatic nitrogens is 1. The first-order valence-corrected chi connectivity index (χ1v) is 8.65. The van der Waals surface area contributed by atoms with E-state index in [1.165, 1.54) is 11.1 Å². The van der Waals surface area contributed by atoms with Gasteiger partial charge in [0.1, 0.15) is 11.4 Å². The summed E-state index contributed by atoms with van der Waals surface area (Å²) in [6.45, 7) is 5.81. The van der Waals surface area contributed by atoms with Crippen LogP contribution in [0.2, 0.25) is 0 Å². The summed E-state index contributed by atoms with van der Waals surface area (Å²) in [6, 6.07) is 17.3. The first-order valence-electron chi connectivity index (χ1n) is 8.65. The molecule has 0 spiro atoms. The summed E-state index contributed by atoms with van der Waals surface area (Å²) in [5.74, 6) is 0.654. The molecule has 1 atom stereocenters. The van der Waals surface area contributed by atoms with E-state index in [1.54, 1.807) is 13.0 Å². The van der Waals surface area contributed by atoms with Crippen LogP contribution in [-0.4, -0.2) is 17.2 Å². The van der Waals surface area contributed by atoms with Crippen LogP contribution in [0.5, 0.6) is 5.75 Å². The SMILES string of the molecule is CCc1ccc(OC(C)C(=O)Nc2cc(-c3ccc(C)cc3)no2)cc1. The van der Waals surface area contributed by atoms with Gasteiger partial charge in [-0.05, 0) is 38.0 Å². The number of amides is 1. The molecule has 5 nitrogen and oxygen atoms in total. The van der Waals surface area contributed by atoms with E-state index in [0.29, 0.717) is 17.3 Å². The molecule has 0 saturated heterocycles. The van der Waals surface area contributed by atoms with Crippen molar-refractivity contribution in [3.63, 3.8) is 0 Å². The van der Waals surface area contributed by atoms with Gasteiger partial charge in [-0.1, -0.05) is 54.0 Å². The number of hydrogen-bond acceptors (Lipinski definition) is 4. The summed E-state index contributed by atoms with van der Waals surface area (Å²) in [6.07, 6.45) is 0.306. The largest absolute Gasteiger partial charge is 0.481 e. The predicted octanol–water partition coefficient (Wildman–Crippen LogP) is 4.62. The minimum absolute atomic E-state index is 0.294. The Hall–Kier alpha value is -3.08. The number of carbonyl (C=O) groups is 1. The third kappa shape index (κ3) is 4.30. The van der Waals surface area contributed by atoms with E-state index >= 15 is 0 Å². The van der Waals surface area contributed by atoms with Crippen molar-refractivity contribution in [3.8, 4) is 17.0 Å². The molecule has 0 aliphatic heterocycles. The summed E-state index contributed by atoms with van der Waals surface area (Å²) in [5, 5.41) is 6.69. The smallest absolute Gasteiger partial charge is 0.267 e. The molecule has 3 rings (SSSR count). The highest BCUT2D eigenvalue weighted by molar-refractivity contribution is 5.93. The molecule has 134 valence electrons. The van der Waals surface area contributed by atoms with Crippen LogP contribution in [0.3, 0.4) is 0 Å². The minimum Gasteiger partial charge on any atom is -0.481 e. The summed E-state index contributed by atoms with van der Waals surface area (Å²) < 4.78 is 10.9. The summed E-state index contributed by atoms with van der Waals surface area (Å²) in [4.78, 5) is 12.3. The predicted molar refractivity (Wildman–Crippen MR) is 101 cm³/mol. The van der Waals surface area contributed by atoms with Crippen LogP contribution >= 0.6 is 0 Å². The third-order valence-electron chi connectivity index (χ3n) is 4.12. The van der Waals surface area contributed by atoms with Gasteiger partial charge in [0.25, 0.3) is 5.91 Å². The van der Waals surface area contributed by atoms with Crippen molar-refractivity contribution >= 4 is 11.8 Å². The van der Waals surface area contributed by atoms with Gasteiger partial charge in [-0.25, -0.2) is 0 Å². The fourth-order valence-electron chi connectivity index (χ4n) is 2.48. The van der Waals surface area contributed by atoms with Crippen LogP contribution in [0.25, 0.3) is 11.3 Å². The lowest BCUT2D eigenvalue weighted by Crippen LogP contribution is -2.29. The number of aryl methyl sites for hydroxylation is 2. The van der Waals surface area contributed by atoms with Gasteiger partial charge in [0.05, 0.1) is 0 Å². The Bertz CT molecular complexity index is 867. The van der Waals surface area contributed by atoms with Gasteiger partial charge >= 0.3 is 0 Å². The lowest BCUT2D eigenvalue weighted by molar-refractivity contribution is -0.122. The summed E-state index contributed by atoms with van der Waals surface area (Å²) in [7, 11) is 0. The number of hydrogen-bond donors (Lipinski definition) is 1. The van der Waals surface area contributed by atoms with E-state index < -0.39 is 6.10 Å². The lowest BCUT2D eigenvalue weighted by Gasteiger charge is -2.13. The zero-order valence-electron chi connectivity index (χ0n) is 15.2. The maximum absolute atomic E-state index is 12.3. The van der Waals surface area contributed by atoms with E-state index in [4.69, 9.17) is 9.26 Å². The molecular weight excluding hydrogens is 328 g/mol. The third-order valence-corrected chi connectivity index (χ3v) is 4.12. The molecule has 2 aromatic carbocycles. The van der Waals surface area contributed by atoms with Crippen molar-refractivity contribution in [3.05, 3.63) is 65.7 Å². The molecule has 1 unspecified atom stereocenters. The van der Waals surface area contributed by atoms with Crippen molar-refractivity contribution in [2.45, 2.75) is 33.3 Å². The Balaban J connectivity index is 1.61. The molecule has 3 aromatic rings. The molecule has 0 bridgehead atoms. The molecule has 1 aromatic heterocycles. The molecule has 0 aliphatic rings. The molecule has 0 aliphatic carbocycles. The average Bonchev–Trinajstić information content (AvgIpc) is 3.11. The quantitative estimate of drug-likeness (QED) is 0.704. The molecule has 0 fully saturated rings. The Morgan fingerprint density at radius 3 is 2.50 bits per heavy atom. The second kappa shape index (κ2) is 7.87. The van der Waals surface area contributed by atoms with Gasteiger partial charge in [-0.3, -0.25) is 10.1 Å². The molecule has 1 amide bonds. The van der Waals surface area contributed by atoms with Crippen LogP contribution in [0, 0.1) is 6.92 Å². The molecule has 0 saturated carbocycles. The standard InChI is InChI=1S/C21H22N2O3/c1-4-16-7-11-18(12-8-16)25-15(3)21(24)22-20-13-19(23-26-20)17-9-5-14(2)6-10-17/h5-13,15H,4H2,1-3H3,(H,22,24). The zero-order valence-corrected chi connectivity index (χ0v) is 15.2. The fourth-order valence-corrected chi connectivity index (χ4v) is 2.48. The van der Waals surface area contributed by atoms with Gasteiger partial charge in [-0.2, -0.15) is 0 Å². The number of carbonyl (C=O) groups excluding carboxylic acids is 1. The van der Waals surface area contributed by atoms with Crippen LogP contribution in [0.4, 0.5) is 5.88 Å². The molecule has 0 radical (unpaired) electrons. The average molecular weight is 350 g/mol. The normalized spacial score (nSPS) is 11.8. The van der Waals surface area contributed by atoms with E-state index in [9.17, 15) is 4.79 Å². The highest BCUT2D eigenvalue weighted by Gasteiger charge is 2.17. The number of anilines is 1. The summed E-state index contributed by atoms with van der Waals surface area (Å²) >= 11 is 0. The van der Waals surface area contributed by atoms with E-state index in [-0.39, 0.29) is 5.91 Å². The van der Waals surface area contributed by atoms with Crippen LogP contribution in [0.15, 0.2) is 59.1 Å². The number of nitrogens with one attached hydrogen (secondary N) is 1. The van der Waals surface area contributed by atoms with Gasteiger partial charge in [-0.15, -0.1) is 0 Å². The van der Waals surface area contributed by atoms with Gasteiger partial charge in [0.2, 0.25) is 5.88 Å². The maximum Gasteiger partial charge on any atom is 0.267 e. The van der Waals surface area contributed by atoms with E-state index in [0.717, 1.165) is 12.0 Å². The number of ether oxygens (including phenoxy) is 1. The van der Waals surface area contributed by atoms with Crippen molar-refractivity contribution in [2.24, 2.45) is 0 Å². The molecule has 5 heteroatoms. The summed E-state index contributed by atoms with van der Waals surface area (Å²) in [5.41, 5.74) is 3.99. The Morgan fingerprint density at radius 2 is 1.85 bits per heavy atom. The minimum atomic E-state index is -0.657. The van der Waals surface area contributed by atoms with Crippen LogP contribution in [-0.2, 0) is 11.2 Å². The molecule has 1 N–H and O–H groups in total. The number of nitrogens with zero attached hydrogens (tertiary/aromatic N) is 1. The monoisotopic (exact) mass is 350 g/mol. The molecule has 1 heterocycles. The van der Waals surface area contributed by atoms with Crippen molar-refractivity contribution in [1.82, 2.24) is 5.16 Å². The zero-order chi connectivity index (χ0) is 18.5. The van der Waals surface area contributed by atoms with Gasteiger partial charge in [0.15, 0.2) is 6.10 Å². The number of benzene rings is 2. The van der Waals surface area contributed by atoms with E-state index in [2.05, 4.69) is 17.4 Å². The number of rotatable bonds is 6. The Kier molecular flexibility index (Phi) is 5.37. The van der Waals surface area contributed by atoms with Crippen molar-refractivity contribution in [2.75, 3.05) is 5.32 Å². The van der Waals surface area contributed by atoms with Gasteiger partial charge < -0.3 is 9.26 Å². The van der Waals surface area contributed by atoms with Gasteiger partial charge in [0, 0.05) is 11.6 Å². The highest BCUT2D eigenvalue weighted by Crippen LogP contribution is 2.22. The molecular formula is C21H22N2O3. The Morgan fingerprint density at radius 1 is 1.15 bits per heavy atom. The fraction of sp³-hybridized carbons (Fsp3) is 0.238. The second-order valence-corrected chi connectivity index (χ2v) is 6.19. The van der Waals surface area contributed by atoms with Crippen LogP contribution in [0.1, 0.15) is 25.0 Å². The topological polar surface area (TPSA) is 64.4 Å². The van der Waals surface area contributed by atoms with Crippen molar-refractivity contribution < 1.29 is 14.1 Å². The first-order chi connectivity index (χ1) is 12.5. The van der Waals surface area contributed by atoms with Crippen molar-refractivity contribution in [1.29, 1.82) is 0 Å². The van der Waals surface area contributed by atoms with Crippen LogP contribution < -0.4 is 10.1 Å². The lowest BCUT2D eigenvalue weighted by atomic mass is 10.1. The second-order valence-electron chi connectivity index (χ2n) is 6.19. The first kappa shape index (κ1) is 17.7. The molecule has 26 heavy (non-hydrogen) atoms. The highest BCUT2D eigenvalue weighted by atomic mass is 16.5. The van der Waals surface area contributed by atoms with E-state index in [1.807, 2.05) is 55.5 Å².